The number of imide groups is 1. The number of nitrogens with one attached hydrogen (secondary N) is 1. The predicted octanol–water partition coefficient (Wildman–Crippen LogP) is 16.8. The highest BCUT2D eigenvalue weighted by molar-refractivity contribution is 6.07. The molecule has 1 aliphatic carbocycles. The number of fused-ring (bicyclic) bond motifs is 3. The van der Waals surface area contributed by atoms with E-state index in [1.54, 1.807) is 35.4 Å². The van der Waals surface area contributed by atoms with Crippen LogP contribution in [0.25, 0.3) is 32.9 Å². The summed E-state index contributed by atoms with van der Waals surface area (Å²) in [6.45, 7) is 29.2. The molecule has 0 spiro atoms. The van der Waals surface area contributed by atoms with Crippen LogP contribution in [0.1, 0.15) is 234 Å². The Kier molecular flexibility index (Phi) is 32.4. The summed E-state index contributed by atoms with van der Waals surface area (Å²) in [5.74, 6) is 2.87. The maximum atomic E-state index is 13.9. The molecule has 3 amide bonds. The van der Waals surface area contributed by atoms with Gasteiger partial charge >= 0.3 is 6.01 Å². The number of hydrogen-bond donors (Lipinski definition) is 3. The minimum absolute atomic E-state index is 0.0604. The molecule has 5 aromatic rings. The van der Waals surface area contributed by atoms with Crippen LogP contribution < -0.4 is 19.9 Å². The molecule has 1 saturated carbocycles. The Morgan fingerprint density at radius 3 is 2.20 bits per heavy atom. The molecule has 5 aliphatic rings. The first kappa shape index (κ1) is 76.6. The number of carbonyl (C=O) groups is 4. The van der Waals surface area contributed by atoms with E-state index in [9.17, 15) is 29.0 Å². The molecule has 5 fully saturated rings. The number of carbonyl (C=O) groups excluding carboxylic acids is 4. The van der Waals surface area contributed by atoms with Gasteiger partial charge in [-0.25, -0.2) is 4.39 Å². The van der Waals surface area contributed by atoms with Crippen molar-refractivity contribution in [2.75, 3.05) is 50.3 Å². The van der Waals surface area contributed by atoms with Gasteiger partial charge in [-0.1, -0.05) is 126 Å². The van der Waals surface area contributed by atoms with Crippen LogP contribution >= 0.6 is 0 Å². The van der Waals surface area contributed by atoms with Crippen molar-refractivity contribution in [1.29, 1.82) is 0 Å². The van der Waals surface area contributed by atoms with E-state index in [1.165, 1.54) is 128 Å². The number of aryl methyl sites for hydroxylation is 1. The third-order valence-corrected chi connectivity index (χ3v) is 19.4. The smallest absolute Gasteiger partial charge is 0.318 e. The number of rotatable bonds is 22. The molecule has 0 radical (unpaired) electrons. The third-order valence-electron chi connectivity index (χ3n) is 19.4. The minimum Gasteiger partial charge on any atom is -0.508 e. The van der Waals surface area contributed by atoms with Crippen LogP contribution in [0.15, 0.2) is 60.8 Å². The highest BCUT2D eigenvalue weighted by Crippen LogP contribution is 2.52. The second-order valence-corrected chi connectivity index (χ2v) is 26.6. The van der Waals surface area contributed by atoms with E-state index in [4.69, 9.17) is 14.3 Å². The predicted molar refractivity (Wildman–Crippen MR) is 374 cm³/mol. The van der Waals surface area contributed by atoms with Crippen molar-refractivity contribution in [1.82, 2.24) is 25.2 Å². The van der Waals surface area contributed by atoms with Crippen LogP contribution in [0.4, 0.5) is 15.9 Å². The Hall–Kier alpha value is -6.10. The quantitative estimate of drug-likeness (QED) is 0.0439. The van der Waals surface area contributed by atoms with Gasteiger partial charge in [0.15, 0.2) is 0 Å². The van der Waals surface area contributed by atoms with Gasteiger partial charge in [0.1, 0.15) is 29.7 Å². The van der Waals surface area contributed by atoms with E-state index < -0.39 is 12.1 Å². The zero-order valence-electron chi connectivity index (χ0n) is 58.8. The first-order valence-electron chi connectivity index (χ1n) is 35.3. The van der Waals surface area contributed by atoms with E-state index in [0.717, 1.165) is 97.0 Å². The maximum Gasteiger partial charge on any atom is 0.318 e. The SMILES string of the molecule is CC.CC=O.CCCC(=O)N(c1ccc(C(CCC)CCC(C)CC)cc1C)C1CCC(=O)NC1=O.CCCC1(CCC(C)CC)CC(C)C1.COCC1CCC2CCCN21.COc1nc(N2CCCC(O)C2)c2cnc(-c3cc(O)cc4ccc(F)cc34)cc2n1. The number of ether oxygens (including phenoxy) is 2. The standard InChI is InChI=1S/C26H40N2O3.C23H21FN4O3.C14H28.C9H17NO.C2H4O.C2H6/c1-6-9-20(12-11-18(4)8-3)21-13-14-22(19(5)17-21)28(25(30)10-7-2)23-15-16-24(29)27-26(23)31;1-31-23-26-21-10-20(18-9-16(30)7-13-4-5-14(24)8-17(13)18)25-11-19(21)22(27-23)28-6-2-3-15(29)12-28;1-5-8-14(10-13(4)11-14)9-7-12(3)6-2;1-11-7-9-5-4-8-3-2-6-10(8)9;1-2-3;1-2/h13-14,17-18,20,23H,6-12,15-16H2,1-5H3,(H,27,29,31);4-5,7-11,15,29-30H,2-3,6,12H2,1H3;12-13H,5-11H2,1-4H3;8-9H,2-7H2,1H3;2H,1H3;1-2H3. The number of methoxy groups -OCH3 is 2. The van der Waals surface area contributed by atoms with Crippen LogP contribution in [0.2, 0.25) is 0 Å². The highest BCUT2D eigenvalue weighted by atomic mass is 19.1. The van der Waals surface area contributed by atoms with Crippen molar-refractivity contribution in [3.63, 3.8) is 0 Å². The number of aromatic nitrogens is 3. The van der Waals surface area contributed by atoms with Crippen LogP contribution in [0.5, 0.6) is 11.8 Å². The van der Waals surface area contributed by atoms with Crippen molar-refractivity contribution in [3.05, 3.63) is 77.7 Å². The number of amides is 3. The topological polar surface area (TPSA) is 188 Å². The first-order valence-corrected chi connectivity index (χ1v) is 35.3. The summed E-state index contributed by atoms with van der Waals surface area (Å²) in [5.41, 5.74) is 5.65. The Bertz CT molecular complexity index is 3070. The minimum atomic E-state index is -0.627. The van der Waals surface area contributed by atoms with Gasteiger partial charge in [0.05, 0.1) is 36.4 Å². The lowest BCUT2D eigenvalue weighted by Crippen LogP contribution is -2.54. The molecule has 2 aromatic heterocycles. The van der Waals surface area contributed by atoms with Crippen LogP contribution in [0, 0.1) is 35.9 Å². The Labute approximate surface area is 551 Å². The monoisotopic (exact) mass is 1270 g/mol. The number of phenolic OH excluding ortho intramolecular Hbond substituents is 1. The molecule has 3 N–H and O–H groups in total. The number of aliphatic hydroxyl groups excluding tert-OH is 1. The zero-order chi connectivity index (χ0) is 67.5. The number of hydrogen-bond acceptors (Lipinski definition) is 13. The fourth-order valence-electron chi connectivity index (χ4n) is 14.4. The average Bonchev–Trinajstić information content (AvgIpc) is 1.06. The van der Waals surface area contributed by atoms with Crippen molar-refractivity contribution >= 4 is 57.2 Å². The summed E-state index contributed by atoms with van der Waals surface area (Å²) in [4.78, 5) is 65.9. The van der Waals surface area contributed by atoms with Crippen molar-refractivity contribution < 1.29 is 43.3 Å². The van der Waals surface area contributed by atoms with E-state index >= 15 is 0 Å². The highest BCUT2D eigenvalue weighted by Gasteiger charge is 2.41. The molecule has 15 nitrogen and oxygen atoms in total. The second kappa shape index (κ2) is 38.9. The molecule has 510 valence electrons. The largest absolute Gasteiger partial charge is 0.508 e. The van der Waals surface area contributed by atoms with Gasteiger partial charge in [0.25, 0.3) is 0 Å². The number of pyridine rings is 1. The fraction of sp³-hybridized carbons (Fsp3) is 0.645. The first-order chi connectivity index (χ1) is 44.3. The molecule has 16 heteroatoms. The van der Waals surface area contributed by atoms with E-state index in [-0.39, 0.29) is 41.7 Å². The summed E-state index contributed by atoms with van der Waals surface area (Å²) < 4.78 is 24.4. The number of aliphatic hydroxyl groups is 1. The van der Waals surface area contributed by atoms with Crippen LogP contribution in [-0.2, 0) is 23.9 Å². The summed E-state index contributed by atoms with van der Waals surface area (Å²) in [5, 5.41) is 24.8. The van der Waals surface area contributed by atoms with Gasteiger partial charge in [-0.3, -0.25) is 34.5 Å². The van der Waals surface area contributed by atoms with Crippen molar-refractivity contribution in [2.24, 2.45) is 23.2 Å². The lowest BCUT2D eigenvalue weighted by atomic mass is 9.58. The molecule has 4 saturated heterocycles. The number of aromatic hydroxyl groups is 1. The molecule has 7 unspecified atom stereocenters. The van der Waals surface area contributed by atoms with Gasteiger partial charge < -0.3 is 29.4 Å². The number of nitrogens with zero attached hydrogens (tertiary/aromatic N) is 6. The van der Waals surface area contributed by atoms with Gasteiger partial charge in [0.2, 0.25) is 17.7 Å². The number of halogens is 1. The second-order valence-electron chi connectivity index (χ2n) is 26.6. The average molecular weight is 1270 g/mol. The Balaban J connectivity index is 0.000000234. The number of benzene rings is 3. The summed E-state index contributed by atoms with van der Waals surface area (Å²) >= 11 is 0. The lowest BCUT2D eigenvalue weighted by Gasteiger charge is -2.47. The van der Waals surface area contributed by atoms with E-state index in [1.807, 2.05) is 45.8 Å². The van der Waals surface area contributed by atoms with Gasteiger partial charge in [0, 0.05) is 62.6 Å². The molecule has 0 bridgehead atoms. The number of anilines is 2. The molecule has 4 aliphatic heterocycles. The zero-order valence-corrected chi connectivity index (χ0v) is 58.8. The van der Waals surface area contributed by atoms with Gasteiger partial charge in [-0.2, -0.15) is 9.97 Å². The van der Waals surface area contributed by atoms with Crippen molar-refractivity contribution in [3.8, 4) is 23.0 Å². The van der Waals surface area contributed by atoms with Crippen LogP contribution in [-0.4, -0.2) is 119 Å². The Morgan fingerprint density at radius 1 is 0.848 bits per heavy atom. The molecular formula is C76H116FN7O8. The van der Waals surface area contributed by atoms with Crippen LogP contribution in [0.3, 0.4) is 0 Å². The van der Waals surface area contributed by atoms with E-state index in [2.05, 4.69) is 85.8 Å². The molecule has 6 heterocycles. The molecule has 92 heavy (non-hydrogen) atoms. The fourth-order valence-corrected chi connectivity index (χ4v) is 14.4. The normalized spacial score (nSPS) is 21.7. The summed E-state index contributed by atoms with van der Waals surface area (Å²) in [6.07, 6.45) is 27.1. The maximum absolute atomic E-state index is 13.9. The molecule has 3 aromatic carbocycles. The van der Waals surface area contributed by atoms with Gasteiger partial charge in [-0.05, 0) is 198 Å². The van der Waals surface area contributed by atoms with Gasteiger partial charge in [-0.15, -0.1) is 0 Å². The summed E-state index contributed by atoms with van der Waals surface area (Å²) in [7, 11) is 3.31. The summed E-state index contributed by atoms with van der Waals surface area (Å²) in [6, 6.07) is 16.9. The number of aldehydes is 1. The van der Waals surface area contributed by atoms with Crippen molar-refractivity contribution in [2.45, 2.75) is 254 Å². The third kappa shape index (κ3) is 21.7. The number of phenols is 1. The molecule has 7 atom stereocenters. The van der Waals surface area contributed by atoms with E-state index in [0.29, 0.717) is 65.1 Å². The Morgan fingerprint density at radius 2 is 1.57 bits per heavy atom. The number of piperidine rings is 2. The molecule has 10 rings (SSSR count). The number of β-amino-alcohol motifs (C(OH)–C–C–N with tert-alkyl or cyclic N) is 1. The lowest BCUT2D eigenvalue weighted by molar-refractivity contribution is -0.135. The molecular weight excluding hydrogens is 1160 g/mol.